The number of sulfonamides is 1. The molecule has 0 heterocycles. The number of nitrogens with one attached hydrogen (secondary N) is 2. The molecule has 0 unspecified atom stereocenters. The lowest BCUT2D eigenvalue weighted by Gasteiger charge is -2.21. The first-order valence-corrected chi connectivity index (χ1v) is 11.0. The van der Waals surface area contributed by atoms with Gasteiger partial charge < -0.3 is 5.32 Å². The maximum absolute atomic E-state index is 12.8. The smallest absolute Gasteiger partial charge is 0.257 e. The lowest BCUT2D eigenvalue weighted by molar-refractivity contribution is 0.0977. The summed E-state index contributed by atoms with van der Waals surface area (Å²) in [6.45, 7) is 4.89. The minimum atomic E-state index is -3.52. The number of amides is 1. The molecule has 0 aliphatic carbocycles. The minimum Gasteiger partial charge on any atom is -0.332 e. The highest BCUT2D eigenvalue weighted by atomic mass is 32.2. The summed E-state index contributed by atoms with van der Waals surface area (Å²) in [7, 11) is -3.52. The molecule has 2 rings (SSSR count). The molecule has 0 aliphatic rings. The summed E-state index contributed by atoms with van der Waals surface area (Å²) in [4.78, 5) is 12.3. The van der Waals surface area contributed by atoms with Crippen molar-refractivity contribution >= 4 is 38.9 Å². The summed E-state index contributed by atoms with van der Waals surface area (Å²) < 4.78 is 27.0. The third-order valence-corrected chi connectivity index (χ3v) is 6.08. The molecular formula is C20H25N3O3S2. The Morgan fingerprint density at radius 2 is 1.54 bits per heavy atom. The highest BCUT2D eigenvalue weighted by molar-refractivity contribution is 7.89. The zero-order chi connectivity index (χ0) is 20.6. The molecule has 8 heteroatoms. The second-order valence-corrected chi connectivity index (χ2v) is 8.55. The van der Waals surface area contributed by atoms with Gasteiger partial charge >= 0.3 is 0 Å². The van der Waals surface area contributed by atoms with Gasteiger partial charge in [0.2, 0.25) is 10.0 Å². The monoisotopic (exact) mass is 419 g/mol. The van der Waals surface area contributed by atoms with Crippen LogP contribution in [0, 0.1) is 0 Å². The van der Waals surface area contributed by atoms with Gasteiger partial charge in [-0.05, 0) is 61.5 Å². The van der Waals surface area contributed by atoms with Crippen molar-refractivity contribution in [3.63, 3.8) is 0 Å². The second kappa shape index (κ2) is 10.3. The lowest BCUT2D eigenvalue weighted by atomic mass is 10.2. The predicted octanol–water partition coefficient (Wildman–Crippen LogP) is 3.62. The number of rotatable bonds is 8. The Morgan fingerprint density at radius 3 is 2.07 bits per heavy atom. The summed E-state index contributed by atoms with van der Waals surface area (Å²) in [5, 5.41) is 5.63. The van der Waals surface area contributed by atoms with Crippen molar-refractivity contribution in [1.82, 2.24) is 9.62 Å². The van der Waals surface area contributed by atoms with E-state index in [1.165, 1.54) is 16.4 Å². The van der Waals surface area contributed by atoms with E-state index in [9.17, 15) is 13.2 Å². The summed E-state index contributed by atoms with van der Waals surface area (Å²) in [6, 6.07) is 15.1. The fourth-order valence-electron chi connectivity index (χ4n) is 2.64. The number of thiocarbonyl (C=S) groups is 1. The molecule has 0 aromatic heterocycles. The quantitative estimate of drug-likeness (QED) is 0.639. The van der Waals surface area contributed by atoms with Gasteiger partial charge in [-0.15, -0.1) is 0 Å². The van der Waals surface area contributed by atoms with Crippen molar-refractivity contribution in [2.24, 2.45) is 0 Å². The highest BCUT2D eigenvalue weighted by Crippen LogP contribution is 2.19. The normalized spacial score (nSPS) is 11.2. The SMILES string of the molecule is CCCN(CCC)S(=O)(=O)c1ccc(NC(=S)NC(=O)c2ccccc2)cc1. The number of carbonyl (C=O) groups is 1. The molecule has 6 nitrogen and oxygen atoms in total. The van der Waals surface area contributed by atoms with Gasteiger partial charge in [-0.2, -0.15) is 4.31 Å². The summed E-state index contributed by atoms with van der Waals surface area (Å²) in [5.74, 6) is -0.313. The first kappa shape index (κ1) is 22.0. The number of benzene rings is 2. The minimum absolute atomic E-state index is 0.142. The zero-order valence-electron chi connectivity index (χ0n) is 16.0. The van der Waals surface area contributed by atoms with Gasteiger partial charge in [0.05, 0.1) is 4.90 Å². The Labute approximate surface area is 172 Å². The Kier molecular flexibility index (Phi) is 8.10. The van der Waals surface area contributed by atoms with Crippen molar-refractivity contribution < 1.29 is 13.2 Å². The van der Waals surface area contributed by atoms with E-state index in [2.05, 4.69) is 10.6 Å². The van der Waals surface area contributed by atoms with Crippen LogP contribution in [0.3, 0.4) is 0 Å². The van der Waals surface area contributed by atoms with Crippen LogP contribution < -0.4 is 10.6 Å². The standard InChI is InChI=1S/C20H25N3O3S2/c1-3-14-23(15-4-2)28(25,26)18-12-10-17(11-13-18)21-20(27)22-19(24)16-8-6-5-7-9-16/h5-13H,3-4,14-15H2,1-2H3,(H2,21,22,24,27). The summed E-state index contributed by atoms with van der Waals surface area (Å²) in [6.07, 6.45) is 1.52. The van der Waals surface area contributed by atoms with E-state index in [1.807, 2.05) is 19.9 Å². The van der Waals surface area contributed by atoms with Crippen LogP contribution in [-0.2, 0) is 10.0 Å². The fraction of sp³-hybridized carbons (Fsp3) is 0.300. The van der Waals surface area contributed by atoms with Gasteiger partial charge in [-0.1, -0.05) is 32.0 Å². The molecule has 1 amide bonds. The molecule has 2 N–H and O–H groups in total. The van der Waals surface area contributed by atoms with E-state index in [1.54, 1.807) is 36.4 Å². The molecule has 2 aromatic carbocycles. The van der Waals surface area contributed by atoms with Crippen molar-refractivity contribution in [2.75, 3.05) is 18.4 Å². The molecule has 0 bridgehead atoms. The zero-order valence-corrected chi connectivity index (χ0v) is 17.6. The van der Waals surface area contributed by atoms with Crippen LogP contribution in [0.5, 0.6) is 0 Å². The van der Waals surface area contributed by atoms with Crippen molar-refractivity contribution in [3.05, 3.63) is 60.2 Å². The molecule has 28 heavy (non-hydrogen) atoms. The molecule has 2 aromatic rings. The average molecular weight is 420 g/mol. The Balaban J connectivity index is 2.03. The van der Waals surface area contributed by atoms with E-state index < -0.39 is 10.0 Å². The van der Waals surface area contributed by atoms with Gasteiger partial charge in [0.1, 0.15) is 0 Å². The van der Waals surface area contributed by atoms with E-state index >= 15 is 0 Å². The third kappa shape index (κ3) is 5.85. The van der Waals surface area contributed by atoms with Crippen LogP contribution in [0.1, 0.15) is 37.0 Å². The fourth-order valence-corrected chi connectivity index (χ4v) is 4.47. The van der Waals surface area contributed by atoms with Gasteiger partial charge in [-0.25, -0.2) is 8.42 Å². The van der Waals surface area contributed by atoms with Crippen molar-refractivity contribution in [1.29, 1.82) is 0 Å². The van der Waals surface area contributed by atoms with Crippen LogP contribution in [0.15, 0.2) is 59.5 Å². The van der Waals surface area contributed by atoms with Crippen LogP contribution in [0.25, 0.3) is 0 Å². The Bertz CT molecular complexity index is 892. The Hall–Kier alpha value is -2.29. The molecule has 0 atom stereocenters. The number of nitrogens with zero attached hydrogens (tertiary/aromatic N) is 1. The largest absolute Gasteiger partial charge is 0.332 e. The van der Waals surface area contributed by atoms with Crippen molar-refractivity contribution in [3.8, 4) is 0 Å². The van der Waals surface area contributed by atoms with E-state index in [-0.39, 0.29) is 15.9 Å². The first-order valence-electron chi connectivity index (χ1n) is 9.16. The topological polar surface area (TPSA) is 78.5 Å². The molecule has 0 saturated heterocycles. The molecule has 0 aliphatic heterocycles. The highest BCUT2D eigenvalue weighted by Gasteiger charge is 2.22. The van der Waals surface area contributed by atoms with Crippen molar-refractivity contribution in [2.45, 2.75) is 31.6 Å². The molecule has 0 spiro atoms. The average Bonchev–Trinajstić information content (AvgIpc) is 2.68. The van der Waals surface area contributed by atoms with Gasteiger partial charge in [0.25, 0.3) is 5.91 Å². The molecule has 0 radical (unpaired) electrons. The third-order valence-electron chi connectivity index (χ3n) is 3.96. The van der Waals surface area contributed by atoms with Gasteiger partial charge in [0.15, 0.2) is 5.11 Å². The molecule has 0 saturated carbocycles. The van der Waals surface area contributed by atoms with E-state index in [0.717, 1.165) is 12.8 Å². The molecule has 0 fully saturated rings. The van der Waals surface area contributed by atoms with Crippen LogP contribution >= 0.6 is 12.2 Å². The van der Waals surface area contributed by atoms with E-state index in [4.69, 9.17) is 12.2 Å². The van der Waals surface area contributed by atoms with Gasteiger partial charge in [-0.3, -0.25) is 10.1 Å². The number of hydrogen-bond donors (Lipinski definition) is 2. The maximum atomic E-state index is 12.8. The summed E-state index contributed by atoms with van der Waals surface area (Å²) in [5.41, 5.74) is 1.09. The van der Waals surface area contributed by atoms with Crippen LogP contribution in [0.2, 0.25) is 0 Å². The maximum Gasteiger partial charge on any atom is 0.257 e. The predicted molar refractivity (Wildman–Crippen MR) is 116 cm³/mol. The van der Waals surface area contributed by atoms with Crippen LogP contribution in [-0.4, -0.2) is 36.8 Å². The number of hydrogen-bond acceptors (Lipinski definition) is 4. The summed E-state index contributed by atoms with van der Waals surface area (Å²) >= 11 is 5.16. The molecular weight excluding hydrogens is 394 g/mol. The number of carbonyl (C=O) groups excluding carboxylic acids is 1. The lowest BCUT2D eigenvalue weighted by Crippen LogP contribution is -2.34. The van der Waals surface area contributed by atoms with Gasteiger partial charge in [0, 0.05) is 24.3 Å². The second-order valence-electron chi connectivity index (χ2n) is 6.20. The van der Waals surface area contributed by atoms with E-state index in [0.29, 0.717) is 24.3 Å². The first-order chi connectivity index (χ1) is 13.4. The number of anilines is 1. The molecule has 150 valence electrons. The van der Waals surface area contributed by atoms with Crippen LogP contribution in [0.4, 0.5) is 5.69 Å². The Morgan fingerprint density at radius 1 is 0.964 bits per heavy atom.